The Hall–Kier alpha value is -3.36. The van der Waals surface area contributed by atoms with Crippen molar-refractivity contribution in [3.63, 3.8) is 0 Å². The molecule has 0 rings (SSSR count). The van der Waals surface area contributed by atoms with Crippen LogP contribution in [0.5, 0.6) is 0 Å². The number of allylic oxidation sites excluding steroid dienone is 21. The molecule has 1 amide bonds. The van der Waals surface area contributed by atoms with Gasteiger partial charge in [0.05, 0.1) is 39.9 Å². The molecule has 8 nitrogen and oxygen atoms in total. The van der Waals surface area contributed by atoms with Gasteiger partial charge in [-0.1, -0.05) is 173 Å². The van der Waals surface area contributed by atoms with Crippen LogP contribution >= 0.6 is 7.82 Å². The summed E-state index contributed by atoms with van der Waals surface area (Å²) in [6.45, 7) is 4.35. The number of phosphoric ester groups is 1. The number of likely N-dealkylation sites (N-methyl/N-ethyl adjacent to an activating group) is 1. The number of phosphoric acid groups is 1. The van der Waals surface area contributed by atoms with Crippen LogP contribution < -0.4 is 10.2 Å². The van der Waals surface area contributed by atoms with Gasteiger partial charge in [0.25, 0.3) is 7.82 Å². The molecule has 62 heavy (non-hydrogen) atoms. The third-order valence-electron chi connectivity index (χ3n) is 9.37. The molecule has 0 bridgehead atoms. The van der Waals surface area contributed by atoms with E-state index in [4.69, 9.17) is 9.05 Å². The second kappa shape index (κ2) is 42.9. The smallest absolute Gasteiger partial charge is 0.268 e. The fourth-order valence-electron chi connectivity index (χ4n) is 5.65. The number of aliphatic hydroxyl groups is 1. The Kier molecular flexibility index (Phi) is 40.6. The van der Waals surface area contributed by atoms with Gasteiger partial charge in [-0.2, -0.15) is 0 Å². The van der Waals surface area contributed by atoms with Gasteiger partial charge >= 0.3 is 0 Å². The molecule has 0 aliphatic heterocycles. The molecule has 0 fully saturated rings. The lowest BCUT2D eigenvalue weighted by Gasteiger charge is -2.29. The molecule has 3 atom stereocenters. The Bertz CT molecular complexity index is 1460. The highest BCUT2D eigenvalue weighted by Gasteiger charge is 2.23. The largest absolute Gasteiger partial charge is 0.756 e. The van der Waals surface area contributed by atoms with Gasteiger partial charge in [-0.15, -0.1) is 0 Å². The van der Waals surface area contributed by atoms with Crippen LogP contribution in [0.4, 0.5) is 0 Å². The number of hydrogen-bond acceptors (Lipinski definition) is 6. The van der Waals surface area contributed by atoms with E-state index >= 15 is 0 Å². The average molecular weight is 879 g/mol. The van der Waals surface area contributed by atoms with Gasteiger partial charge < -0.3 is 28.8 Å². The van der Waals surface area contributed by atoms with Gasteiger partial charge in [0.1, 0.15) is 13.2 Å². The summed E-state index contributed by atoms with van der Waals surface area (Å²) in [6.07, 6.45) is 65.6. The van der Waals surface area contributed by atoms with Crippen LogP contribution in [-0.4, -0.2) is 68.5 Å². The quantitative estimate of drug-likeness (QED) is 0.0275. The van der Waals surface area contributed by atoms with Crippen LogP contribution in [-0.2, 0) is 18.4 Å². The number of nitrogens with zero attached hydrogens (tertiary/aromatic N) is 1. The zero-order valence-electron chi connectivity index (χ0n) is 39.5. The molecule has 0 aliphatic carbocycles. The third kappa shape index (κ3) is 44.7. The number of aliphatic hydroxyl groups excluding tert-OH is 1. The van der Waals surface area contributed by atoms with Crippen molar-refractivity contribution in [2.24, 2.45) is 0 Å². The lowest BCUT2D eigenvalue weighted by Crippen LogP contribution is -2.45. The number of quaternary nitrogens is 1. The molecule has 350 valence electrons. The topological polar surface area (TPSA) is 108 Å². The molecule has 3 unspecified atom stereocenters. The van der Waals surface area contributed by atoms with E-state index in [0.29, 0.717) is 17.4 Å². The maximum absolute atomic E-state index is 12.7. The standard InChI is InChI=1S/C53H87N2O6P/c1-6-8-10-12-13-14-15-16-17-18-19-20-21-22-23-24-25-26-27-28-29-30-31-32-33-34-35-36-37-38-39-40-41-43-45-47-53(57)54-51(52(56)46-44-42-11-9-7-2)50-61-62(58,59)60-49-48-55(3,4)5/h8,10,13-14,16-17,19-20,22-23,25-26,28-29,31-32,34-35,37-38,44,46,51-52,56H,6-7,9,11-12,15,18,21,24,27,30,33,36,39-43,45,47-50H2,1-5H3,(H-,54,57,58,59)/b10-8-,14-13-,17-16-,20-19-,23-22-,26-25-,29-28-,32-31-,35-34-,38-37-,46-44+. The molecule has 0 saturated heterocycles. The van der Waals surface area contributed by atoms with E-state index in [0.717, 1.165) is 122 Å². The Balaban J connectivity index is 4.11. The maximum Gasteiger partial charge on any atom is 0.268 e. The summed E-state index contributed by atoms with van der Waals surface area (Å²) in [5.74, 6) is -0.237. The molecule has 2 N–H and O–H groups in total. The Labute approximate surface area is 379 Å². The second-order valence-electron chi connectivity index (χ2n) is 16.4. The van der Waals surface area contributed by atoms with Crippen molar-refractivity contribution in [3.8, 4) is 0 Å². The van der Waals surface area contributed by atoms with E-state index in [9.17, 15) is 19.4 Å². The lowest BCUT2D eigenvalue weighted by atomic mass is 10.1. The van der Waals surface area contributed by atoms with Crippen LogP contribution in [0.25, 0.3) is 0 Å². The van der Waals surface area contributed by atoms with E-state index in [-0.39, 0.29) is 12.5 Å². The molecule has 0 heterocycles. The van der Waals surface area contributed by atoms with Crippen LogP contribution in [0.2, 0.25) is 0 Å². The summed E-state index contributed by atoms with van der Waals surface area (Å²) in [6, 6.07) is -0.906. The molecular weight excluding hydrogens is 792 g/mol. The van der Waals surface area contributed by atoms with Crippen LogP contribution in [0.1, 0.15) is 142 Å². The van der Waals surface area contributed by atoms with Gasteiger partial charge in [0.2, 0.25) is 5.91 Å². The van der Waals surface area contributed by atoms with E-state index in [1.165, 1.54) is 0 Å². The van der Waals surface area contributed by atoms with Gasteiger partial charge in [-0.05, 0) is 96.3 Å². The van der Waals surface area contributed by atoms with E-state index in [1.807, 2.05) is 27.2 Å². The van der Waals surface area contributed by atoms with Crippen LogP contribution in [0.3, 0.4) is 0 Å². The van der Waals surface area contributed by atoms with Gasteiger partial charge in [0, 0.05) is 6.42 Å². The lowest BCUT2D eigenvalue weighted by molar-refractivity contribution is -0.870. The predicted octanol–water partition coefficient (Wildman–Crippen LogP) is 13.0. The molecular formula is C53H87N2O6P. The highest BCUT2D eigenvalue weighted by atomic mass is 31.2. The van der Waals surface area contributed by atoms with Crippen molar-refractivity contribution in [3.05, 3.63) is 134 Å². The first-order chi connectivity index (χ1) is 30.0. The molecule has 0 aromatic rings. The molecule has 0 saturated carbocycles. The number of carbonyl (C=O) groups is 1. The number of carbonyl (C=O) groups excluding carboxylic acids is 1. The van der Waals surface area contributed by atoms with E-state index in [1.54, 1.807) is 6.08 Å². The summed E-state index contributed by atoms with van der Waals surface area (Å²) in [7, 11) is 1.21. The first kappa shape index (κ1) is 58.6. The number of nitrogens with one attached hydrogen (secondary N) is 1. The summed E-state index contributed by atoms with van der Waals surface area (Å²) in [5, 5.41) is 13.5. The van der Waals surface area contributed by atoms with Crippen molar-refractivity contribution in [1.29, 1.82) is 0 Å². The van der Waals surface area contributed by atoms with Crippen LogP contribution in [0, 0.1) is 0 Å². The van der Waals surface area contributed by atoms with E-state index < -0.39 is 26.6 Å². The maximum atomic E-state index is 12.7. The SMILES string of the molecule is CC/C=C\C/C=C\C/C=C\C/C=C\C/C=C\C/C=C\C/C=C\C/C=C\C/C=C\C/C=C\CCCCCCC(=O)NC(COP(=O)([O-])OCC[N+](C)(C)C)C(O)/C=C/CCCCC. The van der Waals surface area contributed by atoms with Crippen molar-refractivity contribution in [2.45, 2.75) is 154 Å². The average Bonchev–Trinajstić information content (AvgIpc) is 3.23. The van der Waals surface area contributed by atoms with Crippen molar-refractivity contribution >= 4 is 13.7 Å². The third-order valence-corrected chi connectivity index (χ3v) is 10.3. The molecule has 9 heteroatoms. The summed E-state index contributed by atoms with van der Waals surface area (Å²) in [4.78, 5) is 25.1. The highest BCUT2D eigenvalue weighted by Crippen LogP contribution is 2.38. The zero-order valence-corrected chi connectivity index (χ0v) is 40.4. The Morgan fingerprint density at radius 2 is 0.984 bits per heavy atom. The number of unbranched alkanes of at least 4 members (excludes halogenated alkanes) is 7. The fourth-order valence-corrected chi connectivity index (χ4v) is 6.37. The van der Waals surface area contributed by atoms with E-state index in [2.05, 4.69) is 141 Å². The monoisotopic (exact) mass is 879 g/mol. The number of hydrogen-bond donors (Lipinski definition) is 2. The van der Waals surface area contributed by atoms with Gasteiger partial charge in [0.15, 0.2) is 0 Å². The Morgan fingerprint density at radius 3 is 1.42 bits per heavy atom. The zero-order chi connectivity index (χ0) is 45.7. The minimum Gasteiger partial charge on any atom is -0.756 e. The van der Waals surface area contributed by atoms with Crippen LogP contribution in [0.15, 0.2) is 134 Å². The van der Waals surface area contributed by atoms with Crippen molar-refractivity contribution < 1.29 is 32.9 Å². The normalized spacial score (nSPS) is 15.4. The molecule has 0 aliphatic rings. The van der Waals surface area contributed by atoms with Crippen molar-refractivity contribution in [1.82, 2.24) is 5.32 Å². The first-order valence-corrected chi connectivity index (χ1v) is 25.0. The molecule has 0 aromatic heterocycles. The summed E-state index contributed by atoms with van der Waals surface area (Å²) >= 11 is 0. The van der Waals surface area contributed by atoms with Gasteiger partial charge in [-0.25, -0.2) is 0 Å². The molecule has 0 spiro atoms. The summed E-state index contributed by atoms with van der Waals surface area (Å²) < 4.78 is 23.0. The molecule has 0 radical (unpaired) electrons. The number of amides is 1. The first-order valence-electron chi connectivity index (χ1n) is 23.5. The predicted molar refractivity (Wildman–Crippen MR) is 265 cm³/mol. The van der Waals surface area contributed by atoms with Gasteiger partial charge in [-0.3, -0.25) is 9.36 Å². The fraction of sp³-hybridized carbons (Fsp3) is 0.566. The Morgan fingerprint density at radius 1 is 0.581 bits per heavy atom. The minimum atomic E-state index is -4.59. The highest BCUT2D eigenvalue weighted by molar-refractivity contribution is 7.45. The second-order valence-corrected chi connectivity index (χ2v) is 17.8. The minimum absolute atomic E-state index is 0.0152. The van der Waals surface area contributed by atoms with Crippen molar-refractivity contribution in [2.75, 3.05) is 40.9 Å². The molecule has 0 aromatic carbocycles. The summed E-state index contributed by atoms with van der Waals surface area (Å²) in [5.41, 5.74) is 0. The number of rotatable bonds is 40.